The van der Waals surface area contributed by atoms with Crippen LogP contribution in [0.2, 0.25) is 0 Å². The molecule has 13 heavy (non-hydrogen) atoms. The number of halogens is 1. The summed E-state index contributed by atoms with van der Waals surface area (Å²) in [5.41, 5.74) is 1.25. The van der Waals surface area contributed by atoms with Gasteiger partial charge in [-0.05, 0) is 25.7 Å². The summed E-state index contributed by atoms with van der Waals surface area (Å²) in [6.45, 7) is 6.54. The normalized spacial score (nSPS) is 15.7. The third-order valence-electron chi connectivity index (χ3n) is 1.95. The first-order valence-electron chi connectivity index (χ1n) is 4.63. The van der Waals surface area contributed by atoms with Gasteiger partial charge in [0.2, 0.25) is 0 Å². The number of aromatic nitrogens is 1. The van der Waals surface area contributed by atoms with Gasteiger partial charge in [0.15, 0.2) is 0 Å². The quantitative estimate of drug-likeness (QED) is 0.752. The molecule has 1 rings (SSSR count). The Kier molecular flexibility index (Phi) is 4.39. The number of alkyl halides is 1. The average Bonchev–Trinajstić information content (AvgIpc) is 2.33. The largest absolute Gasteiger partial charge is 0.247 e. The maximum atomic E-state index is 4.46. The molecule has 1 aromatic heterocycles. The minimum atomic E-state index is 0.613. The molecule has 0 saturated heterocycles. The van der Waals surface area contributed by atoms with Crippen LogP contribution in [-0.2, 0) is 6.42 Å². The van der Waals surface area contributed by atoms with Crippen LogP contribution in [-0.4, -0.2) is 9.81 Å². The molecule has 0 aliphatic rings. The molecule has 0 amide bonds. The van der Waals surface area contributed by atoms with Gasteiger partial charge >= 0.3 is 0 Å². The zero-order chi connectivity index (χ0) is 9.84. The molecular formula is C10H16BrNS. The summed E-state index contributed by atoms with van der Waals surface area (Å²) >= 11 is 5.32. The van der Waals surface area contributed by atoms with Crippen molar-refractivity contribution in [3.05, 3.63) is 16.1 Å². The van der Waals surface area contributed by atoms with E-state index in [1.54, 1.807) is 11.3 Å². The second kappa shape index (κ2) is 5.11. The molecule has 0 radical (unpaired) electrons. The number of thiazole rings is 1. The van der Waals surface area contributed by atoms with Crippen LogP contribution < -0.4 is 0 Å². The Morgan fingerprint density at radius 1 is 1.54 bits per heavy atom. The first kappa shape index (κ1) is 11.2. The topological polar surface area (TPSA) is 12.9 Å². The molecule has 0 fully saturated rings. The Morgan fingerprint density at radius 3 is 2.69 bits per heavy atom. The van der Waals surface area contributed by atoms with Gasteiger partial charge in [0.1, 0.15) is 0 Å². The zero-order valence-electron chi connectivity index (χ0n) is 8.38. The van der Waals surface area contributed by atoms with E-state index in [-0.39, 0.29) is 0 Å². The van der Waals surface area contributed by atoms with E-state index in [1.165, 1.54) is 17.1 Å². The van der Waals surface area contributed by atoms with Gasteiger partial charge in [0.05, 0.1) is 10.7 Å². The molecule has 0 saturated carbocycles. The van der Waals surface area contributed by atoms with Crippen LogP contribution in [0.4, 0.5) is 0 Å². The number of aryl methyl sites for hydroxylation is 1. The molecule has 3 heteroatoms. The van der Waals surface area contributed by atoms with Crippen molar-refractivity contribution in [2.75, 3.05) is 0 Å². The summed E-state index contributed by atoms with van der Waals surface area (Å²) in [6, 6.07) is 0. The van der Waals surface area contributed by atoms with Crippen LogP contribution in [0, 0.1) is 12.8 Å². The van der Waals surface area contributed by atoms with Crippen LogP contribution in [0.5, 0.6) is 0 Å². The van der Waals surface area contributed by atoms with E-state index in [0.29, 0.717) is 4.83 Å². The first-order chi connectivity index (χ1) is 6.08. The molecule has 1 nitrogen and oxygen atoms in total. The smallest absolute Gasteiger partial charge is 0.0897 e. The fourth-order valence-corrected chi connectivity index (χ4v) is 2.76. The Labute approximate surface area is 92.7 Å². The molecule has 0 aliphatic carbocycles. The Hall–Kier alpha value is 0.110. The average molecular weight is 262 g/mol. The fraction of sp³-hybridized carbons (Fsp3) is 0.700. The summed E-state index contributed by atoms with van der Waals surface area (Å²) < 4.78 is 0. The molecule has 0 aromatic carbocycles. The predicted octanol–water partition coefficient (Wildman–Crippen LogP) is 3.80. The van der Waals surface area contributed by atoms with Crippen LogP contribution in [0.25, 0.3) is 0 Å². The lowest BCUT2D eigenvalue weighted by Gasteiger charge is -2.10. The van der Waals surface area contributed by atoms with E-state index < -0.39 is 0 Å². The lowest BCUT2D eigenvalue weighted by Crippen LogP contribution is -2.05. The highest BCUT2D eigenvalue weighted by Crippen LogP contribution is 2.18. The summed E-state index contributed by atoms with van der Waals surface area (Å²) in [6.07, 6.45) is 2.33. The maximum absolute atomic E-state index is 4.46. The van der Waals surface area contributed by atoms with Crippen molar-refractivity contribution >= 4 is 27.3 Å². The van der Waals surface area contributed by atoms with Gasteiger partial charge in [-0.15, -0.1) is 11.3 Å². The summed E-state index contributed by atoms with van der Waals surface area (Å²) in [5.74, 6) is 0.718. The van der Waals surface area contributed by atoms with Crippen molar-refractivity contribution < 1.29 is 0 Å². The maximum Gasteiger partial charge on any atom is 0.0897 e. The summed E-state index contributed by atoms with van der Waals surface area (Å²) in [7, 11) is 0. The van der Waals surface area contributed by atoms with Gasteiger partial charge in [-0.3, -0.25) is 0 Å². The monoisotopic (exact) mass is 261 g/mol. The van der Waals surface area contributed by atoms with Gasteiger partial charge in [-0.25, -0.2) is 4.98 Å². The third kappa shape index (κ3) is 4.23. The lowest BCUT2D eigenvalue weighted by atomic mass is 10.0. The zero-order valence-corrected chi connectivity index (χ0v) is 10.8. The summed E-state index contributed by atoms with van der Waals surface area (Å²) in [4.78, 5) is 5.07. The highest BCUT2D eigenvalue weighted by molar-refractivity contribution is 9.09. The molecule has 0 aliphatic heterocycles. The van der Waals surface area contributed by atoms with E-state index in [0.717, 1.165) is 12.3 Å². The standard InChI is InChI=1S/C10H16BrNS/c1-7(4-8(2)11)5-10-6-13-9(3)12-10/h6-8H,4-5H2,1-3H3. The number of nitrogens with zero attached hydrogens (tertiary/aromatic N) is 1. The van der Waals surface area contributed by atoms with E-state index in [9.17, 15) is 0 Å². The first-order valence-corrected chi connectivity index (χ1v) is 6.42. The second-order valence-corrected chi connectivity index (χ2v) is 6.31. The second-order valence-electron chi connectivity index (χ2n) is 3.68. The van der Waals surface area contributed by atoms with Crippen molar-refractivity contribution in [2.24, 2.45) is 5.92 Å². The van der Waals surface area contributed by atoms with E-state index in [4.69, 9.17) is 0 Å². The van der Waals surface area contributed by atoms with E-state index >= 15 is 0 Å². The van der Waals surface area contributed by atoms with Crippen LogP contribution in [0.1, 0.15) is 31.0 Å². The van der Waals surface area contributed by atoms with Crippen molar-refractivity contribution in [2.45, 2.75) is 38.4 Å². The molecule has 1 aromatic rings. The molecule has 74 valence electrons. The van der Waals surface area contributed by atoms with Crippen molar-refractivity contribution in [1.29, 1.82) is 0 Å². The van der Waals surface area contributed by atoms with Crippen molar-refractivity contribution in [1.82, 2.24) is 4.98 Å². The minimum Gasteiger partial charge on any atom is -0.247 e. The minimum absolute atomic E-state index is 0.613. The number of hydrogen-bond acceptors (Lipinski definition) is 2. The van der Waals surface area contributed by atoms with Crippen LogP contribution in [0.15, 0.2) is 5.38 Å². The van der Waals surface area contributed by atoms with Crippen molar-refractivity contribution in [3.63, 3.8) is 0 Å². The van der Waals surface area contributed by atoms with E-state index in [2.05, 4.69) is 47.1 Å². The number of rotatable bonds is 4. The molecule has 0 spiro atoms. The van der Waals surface area contributed by atoms with Crippen LogP contribution in [0.3, 0.4) is 0 Å². The summed E-state index contributed by atoms with van der Waals surface area (Å²) in [5, 5.41) is 3.35. The Balaban J connectivity index is 2.40. The van der Waals surface area contributed by atoms with Crippen molar-refractivity contribution in [3.8, 4) is 0 Å². The van der Waals surface area contributed by atoms with E-state index in [1.807, 2.05) is 0 Å². The van der Waals surface area contributed by atoms with Gasteiger partial charge in [0, 0.05) is 10.2 Å². The number of hydrogen-bond donors (Lipinski definition) is 0. The molecule has 0 N–H and O–H groups in total. The molecule has 2 atom stereocenters. The van der Waals surface area contributed by atoms with Gasteiger partial charge < -0.3 is 0 Å². The van der Waals surface area contributed by atoms with Gasteiger partial charge in [-0.2, -0.15) is 0 Å². The Morgan fingerprint density at radius 2 is 2.23 bits per heavy atom. The highest BCUT2D eigenvalue weighted by atomic mass is 79.9. The lowest BCUT2D eigenvalue weighted by molar-refractivity contribution is 0.527. The molecular weight excluding hydrogens is 246 g/mol. The SMILES string of the molecule is Cc1nc(CC(C)CC(C)Br)cs1. The van der Waals surface area contributed by atoms with Gasteiger partial charge in [-0.1, -0.05) is 29.8 Å². The predicted molar refractivity (Wildman–Crippen MR) is 62.7 cm³/mol. The fourth-order valence-electron chi connectivity index (χ4n) is 1.50. The van der Waals surface area contributed by atoms with Crippen LogP contribution >= 0.6 is 27.3 Å². The highest BCUT2D eigenvalue weighted by Gasteiger charge is 2.08. The third-order valence-corrected chi connectivity index (χ3v) is 3.15. The molecule has 2 unspecified atom stereocenters. The molecule has 1 heterocycles. The Bertz CT molecular complexity index is 257. The van der Waals surface area contributed by atoms with Gasteiger partial charge in [0.25, 0.3) is 0 Å². The molecule has 0 bridgehead atoms.